The predicted octanol–water partition coefficient (Wildman–Crippen LogP) is 4.00. The zero-order chi connectivity index (χ0) is 14.1. The van der Waals surface area contributed by atoms with Crippen LogP contribution in [0.1, 0.15) is 35.8 Å². The van der Waals surface area contributed by atoms with Crippen molar-refractivity contribution in [1.82, 2.24) is 9.97 Å². The molecule has 0 unspecified atom stereocenters. The quantitative estimate of drug-likeness (QED) is 0.764. The minimum Gasteiger partial charge on any atom is -0.361 e. The lowest BCUT2D eigenvalue weighted by Crippen LogP contribution is -2.12. The fourth-order valence-electron chi connectivity index (χ4n) is 2.05. The van der Waals surface area contributed by atoms with Crippen LogP contribution >= 0.6 is 11.3 Å². The van der Waals surface area contributed by atoms with E-state index in [0.717, 1.165) is 16.6 Å². The van der Waals surface area contributed by atoms with Gasteiger partial charge in [0.05, 0.1) is 16.8 Å². The Morgan fingerprint density at radius 1 is 1.35 bits per heavy atom. The van der Waals surface area contributed by atoms with E-state index in [2.05, 4.69) is 29.1 Å². The molecule has 0 spiro atoms. The lowest BCUT2D eigenvalue weighted by molar-refractivity contribution is 0.102. The topological polar surface area (TPSA) is 57.8 Å². The number of carbonyl (C=O) groups is 1. The maximum absolute atomic E-state index is 12.3. The average molecular weight is 285 g/mol. The van der Waals surface area contributed by atoms with Crippen LogP contribution in [0.5, 0.6) is 0 Å². The van der Waals surface area contributed by atoms with Gasteiger partial charge < -0.3 is 4.98 Å². The molecule has 0 fully saturated rings. The minimum absolute atomic E-state index is 0.136. The summed E-state index contributed by atoms with van der Waals surface area (Å²) in [5, 5.41) is 6.51. The maximum atomic E-state index is 12.3. The van der Waals surface area contributed by atoms with Gasteiger partial charge in [-0.25, -0.2) is 4.98 Å². The second-order valence-corrected chi connectivity index (χ2v) is 5.79. The Morgan fingerprint density at radius 3 is 2.95 bits per heavy atom. The molecule has 0 aliphatic carbocycles. The number of fused-ring (bicyclic) bond motifs is 1. The number of H-pyrrole nitrogens is 1. The zero-order valence-corrected chi connectivity index (χ0v) is 12.1. The molecule has 3 rings (SSSR count). The number of carbonyl (C=O) groups excluding carboxylic acids is 1. The van der Waals surface area contributed by atoms with Crippen LogP contribution < -0.4 is 5.32 Å². The molecular weight excluding hydrogens is 270 g/mol. The Morgan fingerprint density at radius 2 is 2.20 bits per heavy atom. The van der Waals surface area contributed by atoms with E-state index in [1.807, 2.05) is 35.8 Å². The van der Waals surface area contributed by atoms with Crippen molar-refractivity contribution in [2.24, 2.45) is 0 Å². The van der Waals surface area contributed by atoms with Crippen LogP contribution in [0, 0.1) is 0 Å². The highest BCUT2D eigenvalue weighted by Gasteiger charge is 2.13. The fraction of sp³-hybridized carbons (Fsp3) is 0.200. The zero-order valence-electron chi connectivity index (χ0n) is 11.3. The molecule has 0 aliphatic rings. The molecule has 1 amide bonds. The Hall–Kier alpha value is -2.14. The summed E-state index contributed by atoms with van der Waals surface area (Å²) in [5.41, 5.74) is 2.49. The number of amides is 1. The molecule has 0 atom stereocenters. The Bertz CT molecular complexity index is 757. The summed E-state index contributed by atoms with van der Waals surface area (Å²) in [6.45, 7) is 4.17. The van der Waals surface area contributed by atoms with E-state index >= 15 is 0 Å². The minimum atomic E-state index is -0.136. The van der Waals surface area contributed by atoms with Crippen LogP contribution in [0.15, 0.2) is 35.8 Å². The molecule has 2 aromatic heterocycles. The summed E-state index contributed by atoms with van der Waals surface area (Å²) in [7, 11) is 0. The van der Waals surface area contributed by atoms with E-state index in [4.69, 9.17) is 0 Å². The molecule has 0 radical (unpaired) electrons. The summed E-state index contributed by atoms with van der Waals surface area (Å²) in [4.78, 5) is 19.9. The number of aromatic amines is 1. The first-order valence-electron chi connectivity index (χ1n) is 6.48. The average Bonchev–Trinajstić information content (AvgIpc) is 3.05. The molecule has 20 heavy (non-hydrogen) atoms. The van der Waals surface area contributed by atoms with Gasteiger partial charge in [-0.1, -0.05) is 26.0 Å². The summed E-state index contributed by atoms with van der Waals surface area (Å²) < 4.78 is 0. The number of rotatable bonds is 3. The van der Waals surface area contributed by atoms with Crippen molar-refractivity contribution < 1.29 is 4.79 Å². The first kappa shape index (κ1) is 12.9. The number of thiazole rings is 1. The third kappa shape index (κ3) is 2.32. The van der Waals surface area contributed by atoms with Crippen molar-refractivity contribution >= 4 is 33.3 Å². The summed E-state index contributed by atoms with van der Waals surface area (Å²) in [5.74, 6) is 0.228. The van der Waals surface area contributed by atoms with E-state index in [1.165, 1.54) is 11.3 Å². The van der Waals surface area contributed by atoms with Crippen LogP contribution in [-0.2, 0) is 0 Å². The van der Waals surface area contributed by atoms with Gasteiger partial charge in [-0.2, -0.15) is 0 Å². The molecule has 0 bridgehead atoms. The van der Waals surface area contributed by atoms with Gasteiger partial charge >= 0.3 is 0 Å². The number of hydrogen-bond acceptors (Lipinski definition) is 3. The Balaban J connectivity index is 1.87. The van der Waals surface area contributed by atoms with Crippen molar-refractivity contribution in [2.75, 3.05) is 5.32 Å². The van der Waals surface area contributed by atoms with E-state index < -0.39 is 0 Å². The van der Waals surface area contributed by atoms with E-state index in [1.54, 1.807) is 0 Å². The van der Waals surface area contributed by atoms with Gasteiger partial charge in [-0.05, 0) is 18.1 Å². The monoisotopic (exact) mass is 285 g/mol. The summed E-state index contributed by atoms with van der Waals surface area (Å²) in [6, 6.07) is 7.62. The van der Waals surface area contributed by atoms with Crippen molar-refractivity contribution in [3.8, 4) is 0 Å². The van der Waals surface area contributed by atoms with Crippen LogP contribution in [0.4, 0.5) is 5.13 Å². The van der Waals surface area contributed by atoms with Crippen molar-refractivity contribution in [1.29, 1.82) is 0 Å². The fourth-order valence-corrected chi connectivity index (χ4v) is 2.91. The summed E-state index contributed by atoms with van der Waals surface area (Å²) in [6.07, 6.45) is 1.84. The number of nitrogens with zero attached hydrogens (tertiary/aromatic N) is 1. The third-order valence-corrected chi connectivity index (χ3v) is 3.94. The number of benzene rings is 1. The normalized spacial score (nSPS) is 11.2. The van der Waals surface area contributed by atoms with Crippen molar-refractivity contribution in [3.05, 3.63) is 47.1 Å². The van der Waals surface area contributed by atoms with E-state index in [0.29, 0.717) is 16.6 Å². The highest BCUT2D eigenvalue weighted by Crippen LogP contribution is 2.23. The Labute approximate surface area is 120 Å². The second kappa shape index (κ2) is 5.09. The Kier molecular flexibility index (Phi) is 3.28. The first-order chi connectivity index (χ1) is 9.65. The number of anilines is 1. The number of para-hydroxylation sites is 1. The number of hydrogen-bond donors (Lipinski definition) is 2. The molecule has 0 aliphatic heterocycles. The number of nitrogens with one attached hydrogen (secondary N) is 2. The van der Waals surface area contributed by atoms with Gasteiger partial charge in [0.25, 0.3) is 5.91 Å². The van der Waals surface area contributed by atoms with Gasteiger partial charge in [-0.3, -0.25) is 10.1 Å². The van der Waals surface area contributed by atoms with Gasteiger partial charge in [0, 0.05) is 17.0 Å². The molecule has 3 aromatic rings. The molecule has 0 saturated carbocycles. The molecule has 5 heteroatoms. The van der Waals surface area contributed by atoms with Gasteiger partial charge in [0.2, 0.25) is 0 Å². The molecule has 102 valence electrons. The van der Waals surface area contributed by atoms with Gasteiger partial charge in [0.1, 0.15) is 0 Å². The SMILES string of the molecule is CC(C)c1csc(NC(=O)c2cccc3cc[nH]c23)n1. The predicted molar refractivity (Wildman–Crippen MR) is 82.5 cm³/mol. The van der Waals surface area contributed by atoms with Crippen LogP contribution in [0.3, 0.4) is 0 Å². The van der Waals surface area contributed by atoms with Crippen molar-refractivity contribution in [2.45, 2.75) is 19.8 Å². The highest BCUT2D eigenvalue weighted by atomic mass is 32.1. The molecular formula is C15H15N3OS. The molecule has 2 N–H and O–H groups in total. The van der Waals surface area contributed by atoms with E-state index in [-0.39, 0.29) is 5.91 Å². The number of aromatic nitrogens is 2. The smallest absolute Gasteiger partial charge is 0.259 e. The maximum Gasteiger partial charge on any atom is 0.259 e. The molecule has 2 heterocycles. The van der Waals surface area contributed by atoms with Gasteiger partial charge in [0.15, 0.2) is 5.13 Å². The molecule has 0 saturated heterocycles. The second-order valence-electron chi connectivity index (χ2n) is 4.93. The van der Waals surface area contributed by atoms with Crippen LogP contribution in [0.25, 0.3) is 10.9 Å². The third-order valence-electron chi connectivity index (χ3n) is 3.17. The lowest BCUT2D eigenvalue weighted by atomic mass is 10.1. The molecule has 1 aromatic carbocycles. The van der Waals surface area contributed by atoms with Crippen LogP contribution in [-0.4, -0.2) is 15.9 Å². The van der Waals surface area contributed by atoms with Crippen LogP contribution in [0.2, 0.25) is 0 Å². The molecule has 4 nitrogen and oxygen atoms in total. The standard InChI is InChI=1S/C15H15N3OS/c1-9(2)12-8-20-15(17-12)18-14(19)11-5-3-4-10-6-7-16-13(10)11/h3-9,16H,1-2H3,(H,17,18,19). The highest BCUT2D eigenvalue weighted by molar-refractivity contribution is 7.14. The first-order valence-corrected chi connectivity index (χ1v) is 7.36. The van der Waals surface area contributed by atoms with E-state index in [9.17, 15) is 4.79 Å². The van der Waals surface area contributed by atoms with Gasteiger partial charge in [-0.15, -0.1) is 11.3 Å². The largest absolute Gasteiger partial charge is 0.361 e. The lowest BCUT2D eigenvalue weighted by Gasteiger charge is -2.03. The summed E-state index contributed by atoms with van der Waals surface area (Å²) >= 11 is 1.46. The van der Waals surface area contributed by atoms with Crippen molar-refractivity contribution in [3.63, 3.8) is 0 Å².